The zero-order chi connectivity index (χ0) is 13.0. The Kier molecular flexibility index (Phi) is 4.45. The highest BCUT2D eigenvalue weighted by Gasteiger charge is 2.12. The monoisotopic (exact) mass is 240 g/mol. The SMILES string of the molecule is CC(COc1ccc(C(C)N)cc1F)C(N)=O. The largest absolute Gasteiger partial charge is 0.490 e. The number of carbonyl (C=O) groups excluding carboxylic acids is 1. The van der Waals surface area contributed by atoms with Crippen LogP contribution in [0.4, 0.5) is 4.39 Å². The first-order valence-corrected chi connectivity index (χ1v) is 5.39. The molecule has 4 N–H and O–H groups in total. The second kappa shape index (κ2) is 5.63. The van der Waals surface area contributed by atoms with Gasteiger partial charge in [-0.2, -0.15) is 0 Å². The molecule has 0 heterocycles. The van der Waals surface area contributed by atoms with E-state index in [1.54, 1.807) is 19.9 Å². The molecule has 0 aromatic heterocycles. The third-order valence-corrected chi connectivity index (χ3v) is 2.46. The molecule has 1 aromatic rings. The van der Waals surface area contributed by atoms with Gasteiger partial charge in [-0.05, 0) is 24.6 Å². The molecule has 0 fully saturated rings. The van der Waals surface area contributed by atoms with Gasteiger partial charge in [0.25, 0.3) is 0 Å². The van der Waals surface area contributed by atoms with Crippen molar-refractivity contribution in [1.82, 2.24) is 0 Å². The second-order valence-electron chi connectivity index (χ2n) is 4.09. The average molecular weight is 240 g/mol. The van der Waals surface area contributed by atoms with Crippen LogP contribution in [0.15, 0.2) is 18.2 Å². The van der Waals surface area contributed by atoms with E-state index in [9.17, 15) is 9.18 Å². The summed E-state index contributed by atoms with van der Waals surface area (Å²) in [5.41, 5.74) is 11.4. The molecule has 0 aliphatic rings. The molecule has 1 rings (SSSR count). The maximum absolute atomic E-state index is 13.6. The average Bonchev–Trinajstić information content (AvgIpc) is 2.26. The Morgan fingerprint density at radius 3 is 2.59 bits per heavy atom. The fourth-order valence-electron chi connectivity index (χ4n) is 1.21. The van der Waals surface area contributed by atoms with Gasteiger partial charge in [0.1, 0.15) is 0 Å². The lowest BCUT2D eigenvalue weighted by atomic mass is 10.1. The standard InChI is InChI=1S/C12H17FN2O2/c1-7(12(15)16)6-17-11-4-3-9(8(2)14)5-10(11)13/h3-5,7-8H,6,14H2,1-2H3,(H2,15,16). The van der Waals surface area contributed by atoms with Crippen LogP contribution in [0.1, 0.15) is 25.5 Å². The van der Waals surface area contributed by atoms with E-state index >= 15 is 0 Å². The summed E-state index contributed by atoms with van der Waals surface area (Å²) in [7, 11) is 0. The molecule has 17 heavy (non-hydrogen) atoms. The molecule has 0 saturated heterocycles. The van der Waals surface area contributed by atoms with E-state index in [0.717, 1.165) is 0 Å². The molecule has 4 nitrogen and oxygen atoms in total. The Morgan fingerprint density at radius 1 is 1.47 bits per heavy atom. The molecule has 0 aliphatic carbocycles. The maximum Gasteiger partial charge on any atom is 0.223 e. The predicted octanol–water partition coefficient (Wildman–Crippen LogP) is 1.35. The highest BCUT2D eigenvalue weighted by molar-refractivity contribution is 5.76. The third-order valence-electron chi connectivity index (χ3n) is 2.46. The Labute approximate surface area is 99.7 Å². The number of hydrogen-bond donors (Lipinski definition) is 2. The zero-order valence-corrected chi connectivity index (χ0v) is 9.94. The van der Waals surface area contributed by atoms with E-state index < -0.39 is 17.6 Å². The summed E-state index contributed by atoms with van der Waals surface area (Å²) >= 11 is 0. The minimum atomic E-state index is -0.489. The number of carbonyl (C=O) groups is 1. The number of benzene rings is 1. The number of nitrogens with two attached hydrogens (primary N) is 2. The number of halogens is 1. The van der Waals surface area contributed by atoms with Crippen LogP contribution in [-0.2, 0) is 4.79 Å². The van der Waals surface area contributed by atoms with Crippen molar-refractivity contribution < 1.29 is 13.9 Å². The van der Waals surface area contributed by atoms with Crippen molar-refractivity contribution in [3.63, 3.8) is 0 Å². The van der Waals surface area contributed by atoms with Crippen molar-refractivity contribution in [2.45, 2.75) is 19.9 Å². The van der Waals surface area contributed by atoms with Gasteiger partial charge in [0.15, 0.2) is 11.6 Å². The number of rotatable bonds is 5. The topological polar surface area (TPSA) is 78.3 Å². The molecule has 0 radical (unpaired) electrons. The van der Waals surface area contributed by atoms with Crippen molar-refractivity contribution in [1.29, 1.82) is 0 Å². The molecule has 2 unspecified atom stereocenters. The van der Waals surface area contributed by atoms with E-state index in [-0.39, 0.29) is 18.4 Å². The Bertz CT molecular complexity index is 407. The van der Waals surface area contributed by atoms with Crippen molar-refractivity contribution in [2.75, 3.05) is 6.61 Å². The maximum atomic E-state index is 13.6. The summed E-state index contributed by atoms with van der Waals surface area (Å²) in [5, 5.41) is 0. The quantitative estimate of drug-likeness (QED) is 0.815. The summed E-state index contributed by atoms with van der Waals surface area (Å²) < 4.78 is 18.7. The van der Waals surface area contributed by atoms with Crippen LogP contribution in [0.3, 0.4) is 0 Å². The van der Waals surface area contributed by atoms with Crippen LogP contribution >= 0.6 is 0 Å². The van der Waals surface area contributed by atoms with Crippen molar-refractivity contribution >= 4 is 5.91 Å². The molecule has 0 aliphatic heterocycles. The van der Waals surface area contributed by atoms with Crippen molar-refractivity contribution in [3.8, 4) is 5.75 Å². The molecule has 0 spiro atoms. The smallest absolute Gasteiger partial charge is 0.223 e. The summed E-state index contributed by atoms with van der Waals surface area (Å²) in [6.07, 6.45) is 0. The van der Waals surface area contributed by atoms with Gasteiger partial charge in [-0.25, -0.2) is 4.39 Å². The molecule has 0 saturated carbocycles. The van der Waals surface area contributed by atoms with E-state index in [0.29, 0.717) is 5.56 Å². The van der Waals surface area contributed by atoms with Gasteiger partial charge >= 0.3 is 0 Å². The third kappa shape index (κ3) is 3.71. The van der Waals surface area contributed by atoms with Gasteiger partial charge in [-0.3, -0.25) is 4.79 Å². The minimum Gasteiger partial charge on any atom is -0.490 e. The van der Waals surface area contributed by atoms with Crippen molar-refractivity contribution in [2.24, 2.45) is 17.4 Å². The molecular weight excluding hydrogens is 223 g/mol. The van der Waals surface area contributed by atoms with Gasteiger partial charge in [0.05, 0.1) is 12.5 Å². The Hall–Kier alpha value is -1.62. The predicted molar refractivity (Wildman–Crippen MR) is 62.9 cm³/mol. The summed E-state index contributed by atoms with van der Waals surface area (Å²) in [5.74, 6) is -1.32. The van der Waals surface area contributed by atoms with E-state index in [1.807, 2.05) is 0 Å². The number of primary amides is 1. The number of hydrogen-bond acceptors (Lipinski definition) is 3. The number of ether oxygens (including phenoxy) is 1. The molecule has 94 valence electrons. The van der Waals surface area contributed by atoms with Crippen LogP contribution in [0.5, 0.6) is 5.75 Å². The van der Waals surface area contributed by atoms with Crippen molar-refractivity contribution in [3.05, 3.63) is 29.6 Å². The molecule has 1 aromatic carbocycles. The van der Waals surface area contributed by atoms with Gasteiger partial charge in [-0.1, -0.05) is 13.0 Å². The summed E-state index contributed by atoms with van der Waals surface area (Å²) in [6.45, 7) is 3.45. The fraction of sp³-hybridized carbons (Fsp3) is 0.417. The first kappa shape index (κ1) is 13.4. The van der Waals surface area contributed by atoms with Crippen LogP contribution in [0.25, 0.3) is 0 Å². The second-order valence-corrected chi connectivity index (χ2v) is 4.09. The highest BCUT2D eigenvalue weighted by Crippen LogP contribution is 2.21. The molecule has 0 bridgehead atoms. The zero-order valence-electron chi connectivity index (χ0n) is 9.94. The normalized spacial score (nSPS) is 14.1. The highest BCUT2D eigenvalue weighted by atomic mass is 19.1. The minimum absolute atomic E-state index is 0.0593. The van der Waals surface area contributed by atoms with Crippen LogP contribution in [0.2, 0.25) is 0 Å². The lowest BCUT2D eigenvalue weighted by Crippen LogP contribution is -2.26. The van der Waals surface area contributed by atoms with Gasteiger partial charge in [-0.15, -0.1) is 0 Å². The molecule has 2 atom stereocenters. The van der Waals surface area contributed by atoms with E-state index in [2.05, 4.69) is 0 Å². The molecule has 5 heteroatoms. The van der Waals surface area contributed by atoms with Crippen LogP contribution in [-0.4, -0.2) is 12.5 Å². The first-order chi connectivity index (χ1) is 7.91. The summed E-state index contributed by atoms with van der Waals surface area (Å²) in [6, 6.07) is 4.29. The number of amides is 1. The Balaban J connectivity index is 2.70. The molecule has 1 amide bonds. The summed E-state index contributed by atoms with van der Waals surface area (Å²) in [4.78, 5) is 10.8. The van der Waals surface area contributed by atoms with E-state index in [4.69, 9.17) is 16.2 Å². The Morgan fingerprint density at radius 2 is 2.12 bits per heavy atom. The fourth-order valence-corrected chi connectivity index (χ4v) is 1.21. The lowest BCUT2D eigenvalue weighted by molar-refractivity contribution is -0.122. The molecular formula is C12H17FN2O2. The lowest BCUT2D eigenvalue weighted by Gasteiger charge is -2.12. The van der Waals surface area contributed by atoms with E-state index in [1.165, 1.54) is 12.1 Å². The van der Waals surface area contributed by atoms with Crippen LogP contribution in [0, 0.1) is 11.7 Å². The van der Waals surface area contributed by atoms with Gasteiger partial charge in [0, 0.05) is 6.04 Å². The van der Waals surface area contributed by atoms with Gasteiger partial charge < -0.3 is 16.2 Å². The van der Waals surface area contributed by atoms with Gasteiger partial charge in [0.2, 0.25) is 5.91 Å². The van der Waals surface area contributed by atoms with Crippen LogP contribution < -0.4 is 16.2 Å². The first-order valence-electron chi connectivity index (χ1n) is 5.39.